The van der Waals surface area contributed by atoms with E-state index in [2.05, 4.69) is 20.9 Å². The number of rotatable bonds is 4. The van der Waals surface area contributed by atoms with Crippen LogP contribution in [0.25, 0.3) is 0 Å². The minimum atomic E-state index is -1.16. The second-order valence-electron chi connectivity index (χ2n) is 8.90. The largest absolute Gasteiger partial charge is 0.491 e. The number of ether oxygens (including phenoxy) is 1. The van der Waals surface area contributed by atoms with E-state index < -0.39 is 29.6 Å². The molecule has 2 heterocycles. The minimum absolute atomic E-state index is 0.00407. The molecule has 1 atom stereocenters. The Morgan fingerprint density at radius 1 is 1.12 bits per heavy atom. The van der Waals surface area contributed by atoms with Gasteiger partial charge in [0.05, 0.1) is 12.1 Å². The third-order valence-electron chi connectivity index (χ3n) is 5.90. The van der Waals surface area contributed by atoms with Crippen molar-refractivity contribution in [1.82, 2.24) is 25.8 Å². The summed E-state index contributed by atoms with van der Waals surface area (Å²) in [5.74, 6) is -3.26. The van der Waals surface area contributed by atoms with E-state index in [-0.39, 0.29) is 81.6 Å². The Hall–Kier alpha value is -5.08. The number of carboxylic acid groups (broad SMARTS) is 1. The van der Waals surface area contributed by atoms with Crippen LogP contribution in [0.5, 0.6) is 5.75 Å². The number of nitrogens with zero attached hydrogens (tertiary/aromatic N) is 2. The first-order valence-corrected chi connectivity index (χ1v) is 13.0. The number of hydrogen-bond donors (Lipinski definition) is 5. The summed E-state index contributed by atoms with van der Waals surface area (Å²) in [5, 5.41) is 14.8. The fourth-order valence-electron chi connectivity index (χ4n) is 3.90. The molecule has 0 bridgehead atoms. The molecule has 1 aliphatic rings. The second kappa shape index (κ2) is 17.6. The van der Waals surface area contributed by atoms with E-state index in [0.29, 0.717) is 12.0 Å². The zero-order valence-corrected chi connectivity index (χ0v) is 22.7. The van der Waals surface area contributed by atoms with E-state index in [9.17, 15) is 28.4 Å². The van der Waals surface area contributed by atoms with Crippen LogP contribution >= 0.6 is 0 Å². The summed E-state index contributed by atoms with van der Waals surface area (Å²) in [6.45, 7) is 0.268. The van der Waals surface area contributed by atoms with E-state index in [1.165, 1.54) is 23.4 Å². The normalized spacial score (nSPS) is 16.8. The van der Waals surface area contributed by atoms with Gasteiger partial charge in [0.1, 0.15) is 24.2 Å². The van der Waals surface area contributed by atoms with Gasteiger partial charge in [-0.25, -0.2) is 4.39 Å². The Balaban J connectivity index is 0.00000197. The van der Waals surface area contributed by atoms with Crippen molar-refractivity contribution >= 4 is 36.0 Å². The lowest BCUT2D eigenvalue weighted by molar-refractivity contribution is -0.124. The highest BCUT2D eigenvalue weighted by molar-refractivity contribution is 6.00. The van der Waals surface area contributed by atoms with Gasteiger partial charge in [0.2, 0.25) is 17.7 Å². The Morgan fingerprint density at radius 3 is 2.52 bits per heavy atom. The molecule has 14 nitrogen and oxygen atoms in total. The maximum atomic E-state index is 14.0. The lowest BCUT2D eigenvalue weighted by Crippen LogP contribution is -2.49. The van der Waals surface area contributed by atoms with Crippen LogP contribution in [0.1, 0.15) is 46.4 Å². The molecule has 0 spiro atoms. The molecule has 0 unspecified atom stereocenters. The number of aromatic nitrogens is 1. The standard InChI is InChI=1S/C26H31FN6O6.CH2O2/c27-18-3-5-21-19(16-18)24(36)32-20(4-6-22(28)34)25(37)31-11-14-33(26(38)17-7-9-29-10-8-17)13-1-2-23(35)30-12-15-39-21;2-1-3/h3,5,7-10,16,20H,1-2,4,6,11-15H2,(H2,28,34)(H,30,35)(H,31,37)(H,32,36);1H,(H,2,3)/t20-;/m0./s1. The second-order valence-corrected chi connectivity index (χ2v) is 8.90. The predicted molar refractivity (Wildman–Crippen MR) is 146 cm³/mol. The fraction of sp³-hybridized carbons (Fsp3) is 0.370. The molecular weight excluding hydrogens is 555 g/mol. The number of amides is 5. The molecule has 0 aliphatic carbocycles. The third-order valence-corrected chi connectivity index (χ3v) is 5.90. The van der Waals surface area contributed by atoms with Crippen LogP contribution in [0.2, 0.25) is 0 Å². The zero-order chi connectivity index (χ0) is 30.9. The molecule has 1 aromatic carbocycles. The van der Waals surface area contributed by atoms with Gasteiger partial charge in [0, 0.05) is 50.4 Å². The van der Waals surface area contributed by atoms with Crippen molar-refractivity contribution in [3.8, 4) is 5.75 Å². The molecule has 2 aromatic rings. The number of benzene rings is 1. The first-order chi connectivity index (χ1) is 20.2. The van der Waals surface area contributed by atoms with Gasteiger partial charge in [-0.15, -0.1) is 0 Å². The summed E-state index contributed by atoms with van der Waals surface area (Å²) in [4.78, 5) is 76.5. The molecule has 5 amide bonds. The molecule has 42 heavy (non-hydrogen) atoms. The summed E-state index contributed by atoms with van der Waals surface area (Å²) in [5.41, 5.74) is 5.48. The Labute approximate surface area is 240 Å². The zero-order valence-electron chi connectivity index (χ0n) is 22.7. The van der Waals surface area contributed by atoms with Gasteiger partial charge in [-0.1, -0.05) is 0 Å². The number of carbonyl (C=O) groups is 6. The smallest absolute Gasteiger partial charge is 0.290 e. The summed E-state index contributed by atoms with van der Waals surface area (Å²) >= 11 is 0. The first-order valence-electron chi connectivity index (χ1n) is 13.0. The van der Waals surface area contributed by atoms with Crippen LogP contribution in [0.3, 0.4) is 0 Å². The van der Waals surface area contributed by atoms with Crippen molar-refractivity contribution < 1.29 is 43.0 Å². The Kier molecular flexibility index (Phi) is 13.9. The first kappa shape index (κ1) is 33.1. The van der Waals surface area contributed by atoms with Crippen molar-refractivity contribution in [3.05, 3.63) is 59.7 Å². The van der Waals surface area contributed by atoms with Crippen LogP contribution in [0, 0.1) is 5.82 Å². The van der Waals surface area contributed by atoms with E-state index in [4.69, 9.17) is 20.4 Å². The van der Waals surface area contributed by atoms with E-state index in [1.54, 1.807) is 12.1 Å². The topological polar surface area (TPSA) is 210 Å². The Bertz CT molecular complexity index is 1250. The number of halogens is 1. The summed E-state index contributed by atoms with van der Waals surface area (Å²) in [7, 11) is 0. The van der Waals surface area contributed by atoms with Crippen molar-refractivity contribution in [2.24, 2.45) is 5.73 Å². The Morgan fingerprint density at radius 2 is 1.83 bits per heavy atom. The number of nitrogens with two attached hydrogens (primary N) is 1. The van der Waals surface area contributed by atoms with Gasteiger partial charge >= 0.3 is 0 Å². The number of primary amides is 1. The molecular formula is C27H33FN6O8. The van der Waals surface area contributed by atoms with E-state index in [1.807, 2.05) is 0 Å². The number of pyridine rings is 1. The van der Waals surface area contributed by atoms with Crippen LogP contribution < -0.4 is 26.4 Å². The average molecular weight is 589 g/mol. The molecule has 6 N–H and O–H groups in total. The molecule has 0 radical (unpaired) electrons. The minimum Gasteiger partial charge on any atom is -0.491 e. The van der Waals surface area contributed by atoms with Crippen LogP contribution in [0.4, 0.5) is 4.39 Å². The van der Waals surface area contributed by atoms with Gasteiger partial charge in [-0.05, 0) is 43.2 Å². The lowest BCUT2D eigenvalue weighted by atomic mass is 10.1. The van der Waals surface area contributed by atoms with Crippen molar-refractivity contribution in [1.29, 1.82) is 0 Å². The molecule has 3 rings (SSSR count). The van der Waals surface area contributed by atoms with Crippen LogP contribution in [-0.4, -0.2) is 89.8 Å². The third kappa shape index (κ3) is 11.2. The highest BCUT2D eigenvalue weighted by Gasteiger charge is 2.25. The van der Waals surface area contributed by atoms with Gasteiger partial charge < -0.3 is 36.4 Å². The maximum absolute atomic E-state index is 14.0. The molecule has 1 aromatic heterocycles. The molecule has 0 saturated heterocycles. The number of hydrogen-bond acceptors (Lipinski definition) is 8. The molecule has 0 saturated carbocycles. The molecule has 226 valence electrons. The van der Waals surface area contributed by atoms with E-state index in [0.717, 1.165) is 12.1 Å². The monoisotopic (exact) mass is 588 g/mol. The number of nitrogens with one attached hydrogen (secondary N) is 3. The van der Waals surface area contributed by atoms with Crippen molar-refractivity contribution in [3.63, 3.8) is 0 Å². The lowest BCUT2D eigenvalue weighted by Gasteiger charge is -2.24. The van der Waals surface area contributed by atoms with Crippen LogP contribution in [0.15, 0.2) is 42.7 Å². The highest BCUT2D eigenvalue weighted by Crippen LogP contribution is 2.20. The van der Waals surface area contributed by atoms with Crippen molar-refractivity contribution in [2.75, 3.05) is 32.8 Å². The van der Waals surface area contributed by atoms with Gasteiger partial charge in [0.25, 0.3) is 18.3 Å². The SMILES string of the molecule is NC(=O)CC[C@@H]1NC(=O)c2cc(F)ccc2OCCNC(=O)CCCN(C(=O)c2ccncc2)CCNC1=O.O=CO. The highest BCUT2D eigenvalue weighted by atomic mass is 19.1. The van der Waals surface area contributed by atoms with Crippen molar-refractivity contribution in [2.45, 2.75) is 31.7 Å². The van der Waals surface area contributed by atoms with Crippen LogP contribution in [-0.2, 0) is 19.2 Å². The maximum Gasteiger partial charge on any atom is 0.290 e. The summed E-state index contributed by atoms with van der Waals surface area (Å²) < 4.78 is 19.6. The van der Waals surface area contributed by atoms with Gasteiger partial charge in [-0.3, -0.25) is 33.8 Å². The summed E-state index contributed by atoms with van der Waals surface area (Å²) in [6.07, 6.45) is 3.22. The summed E-state index contributed by atoms with van der Waals surface area (Å²) in [6, 6.07) is 5.32. The molecule has 0 fully saturated rings. The predicted octanol–water partition coefficient (Wildman–Crippen LogP) is -0.167. The number of fused-ring (bicyclic) bond motifs is 1. The fourth-order valence-corrected chi connectivity index (χ4v) is 3.90. The molecule has 15 heteroatoms. The quantitative estimate of drug-likeness (QED) is 0.300. The number of carbonyl (C=O) groups excluding carboxylic acids is 5. The van der Waals surface area contributed by atoms with Gasteiger partial charge in [-0.2, -0.15) is 0 Å². The van der Waals surface area contributed by atoms with Gasteiger partial charge in [0.15, 0.2) is 0 Å². The average Bonchev–Trinajstić information content (AvgIpc) is 2.97. The van der Waals surface area contributed by atoms with E-state index >= 15 is 0 Å². The molecule has 1 aliphatic heterocycles.